The molecule has 1 aromatic carbocycles. The van der Waals surface area contributed by atoms with Crippen LogP contribution in [-0.4, -0.2) is 60.5 Å². The molecule has 1 aromatic heterocycles. The molecule has 0 spiro atoms. The van der Waals surface area contributed by atoms with Crippen LogP contribution in [0.25, 0.3) is 11.0 Å². The van der Waals surface area contributed by atoms with Gasteiger partial charge in [-0.15, -0.1) is 5.10 Å². The van der Waals surface area contributed by atoms with E-state index in [2.05, 4.69) is 15.6 Å². The van der Waals surface area contributed by atoms with Crippen molar-refractivity contribution in [3.8, 4) is 0 Å². The number of carbonyl (C=O) groups is 1. The van der Waals surface area contributed by atoms with Gasteiger partial charge < -0.3 is 10.2 Å². The Bertz CT molecular complexity index is 831. The molecule has 0 aliphatic carbocycles. The highest BCUT2D eigenvalue weighted by Crippen LogP contribution is 2.18. The normalized spacial score (nSPS) is 13.2. The van der Waals surface area contributed by atoms with Crippen LogP contribution in [0.4, 0.5) is 0 Å². The van der Waals surface area contributed by atoms with E-state index in [4.69, 9.17) is 4.84 Å². The summed E-state index contributed by atoms with van der Waals surface area (Å²) >= 11 is 0. The molecule has 10 heteroatoms. The number of hydrogen-bond acceptors (Lipinski definition) is 6. The molecule has 1 N–H and O–H groups in total. The molecule has 24 heavy (non-hydrogen) atoms. The van der Waals surface area contributed by atoms with Crippen LogP contribution in [0.2, 0.25) is 0 Å². The average Bonchev–Trinajstić information content (AvgIpc) is 2.94. The molecule has 0 bridgehead atoms. The molecule has 0 aliphatic rings. The van der Waals surface area contributed by atoms with E-state index in [1.807, 2.05) is 13.8 Å². The van der Waals surface area contributed by atoms with Crippen molar-refractivity contribution in [3.05, 3.63) is 18.2 Å². The maximum Gasteiger partial charge on any atom is 0.260 e. The Morgan fingerprint density at radius 1 is 1.42 bits per heavy atom. The molecule has 2 rings (SSSR count). The number of rotatable bonds is 7. The van der Waals surface area contributed by atoms with Crippen molar-refractivity contribution in [2.75, 3.05) is 20.7 Å². The number of aromatic nitrogens is 3. The third-order valence-corrected chi connectivity index (χ3v) is 5.31. The second kappa shape index (κ2) is 7.14. The minimum Gasteiger partial charge on any atom is -0.385 e. The van der Waals surface area contributed by atoms with E-state index in [9.17, 15) is 13.2 Å². The highest BCUT2D eigenvalue weighted by atomic mass is 32.2. The van der Waals surface area contributed by atoms with Gasteiger partial charge in [0, 0.05) is 20.1 Å². The zero-order valence-electron chi connectivity index (χ0n) is 14.1. The predicted molar refractivity (Wildman–Crippen MR) is 87.7 cm³/mol. The zero-order valence-corrected chi connectivity index (χ0v) is 14.9. The largest absolute Gasteiger partial charge is 0.385 e. The third-order valence-electron chi connectivity index (χ3n) is 3.50. The van der Waals surface area contributed by atoms with Crippen molar-refractivity contribution in [2.45, 2.75) is 31.2 Å². The van der Waals surface area contributed by atoms with E-state index in [0.29, 0.717) is 11.0 Å². The van der Waals surface area contributed by atoms with Crippen LogP contribution in [0.15, 0.2) is 23.1 Å². The number of benzene rings is 1. The van der Waals surface area contributed by atoms with Crippen LogP contribution >= 0.6 is 0 Å². The smallest absolute Gasteiger partial charge is 0.260 e. The molecule has 1 amide bonds. The van der Waals surface area contributed by atoms with Gasteiger partial charge in [-0.25, -0.2) is 12.7 Å². The van der Waals surface area contributed by atoms with Crippen LogP contribution in [-0.2, 0) is 14.8 Å². The van der Waals surface area contributed by atoms with Gasteiger partial charge in [0.25, 0.3) is 5.91 Å². The second-order valence-corrected chi connectivity index (χ2v) is 7.70. The zero-order chi connectivity index (χ0) is 17.9. The van der Waals surface area contributed by atoms with E-state index in [1.54, 1.807) is 0 Å². The maximum absolute atomic E-state index is 12.2. The molecular weight excluding hydrogens is 334 g/mol. The van der Waals surface area contributed by atoms with Crippen LogP contribution in [0.1, 0.15) is 20.3 Å². The van der Waals surface area contributed by atoms with Gasteiger partial charge in [-0.2, -0.15) is 0 Å². The Balaban J connectivity index is 2.21. The maximum atomic E-state index is 12.2. The number of fused-ring (bicyclic) bond motifs is 1. The first-order valence-corrected chi connectivity index (χ1v) is 8.90. The number of hydrogen-bond donors (Lipinski definition) is 1. The summed E-state index contributed by atoms with van der Waals surface area (Å²) < 4.78 is 25.5. The van der Waals surface area contributed by atoms with Gasteiger partial charge in [0.1, 0.15) is 11.0 Å². The molecular formula is C14H21N5O4S. The molecule has 0 unspecified atom stereocenters. The Morgan fingerprint density at radius 2 is 2.12 bits per heavy atom. The lowest BCUT2D eigenvalue weighted by Crippen LogP contribution is -2.37. The third kappa shape index (κ3) is 3.82. The Kier molecular flexibility index (Phi) is 5.40. The first kappa shape index (κ1) is 18.1. The molecule has 2 aromatic rings. The van der Waals surface area contributed by atoms with Crippen LogP contribution in [0.3, 0.4) is 0 Å². The first-order valence-electron chi connectivity index (χ1n) is 7.46. The molecule has 0 saturated carbocycles. The minimum atomic E-state index is -3.58. The Morgan fingerprint density at radius 3 is 2.75 bits per heavy atom. The number of carbonyl (C=O) groups excluding carboxylic acids is 1. The van der Waals surface area contributed by atoms with E-state index < -0.39 is 10.0 Å². The Labute approximate surface area is 140 Å². The summed E-state index contributed by atoms with van der Waals surface area (Å²) in [4.78, 5) is 18.2. The topological polar surface area (TPSA) is 106 Å². The fourth-order valence-electron chi connectivity index (χ4n) is 1.88. The lowest BCUT2D eigenvalue weighted by atomic mass is 10.2. The van der Waals surface area contributed by atoms with Crippen LogP contribution in [0.5, 0.6) is 0 Å². The molecule has 0 radical (unpaired) electrons. The van der Waals surface area contributed by atoms with Gasteiger partial charge in [-0.1, -0.05) is 11.8 Å². The SMILES string of the molecule is CC[C@H](C)NC(=O)COn1nnc2ccc(S(=O)(=O)N(C)C)cc21. The minimum absolute atomic E-state index is 0.0467. The molecule has 132 valence electrons. The molecule has 1 heterocycles. The fourth-order valence-corrected chi connectivity index (χ4v) is 2.81. The summed E-state index contributed by atoms with van der Waals surface area (Å²) in [5.74, 6) is -0.287. The summed E-state index contributed by atoms with van der Waals surface area (Å²) in [6, 6.07) is 4.45. The monoisotopic (exact) mass is 355 g/mol. The standard InChI is InChI=1S/C14H21N5O4S/c1-5-10(2)15-14(20)9-23-19-13-8-11(24(21,22)18(3)4)6-7-12(13)16-17-19/h6-8,10H,5,9H2,1-4H3,(H,15,20)/t10-/m0/s1. The van der Waals surface area contributed by atoms with Crippen molar-refractivity contribution >= 4 is 27.0 Å². The summed E-state index contributed by atoms with van der Waals surface area (Å²) in [7, 11) is -0.686. The molecule has 0 saturated heterocycles. The predicted octanol–water partition coefficient (Wildman–Crippen LogP) is 0.0249. The summed E-state index contributed by atoms with van der Waals surface area (Å²) in [6.45, 7) is 3.61. The summed E-state index contributed by atoms with van der Waals surface area (Å²) in [6.07, 6.45) is 0.809. The van der Waals surface area contributed by atoms with Gasteiger partial charge in [-0.3, -0.25) is 4.79 Å². The van der Waals surface area contributed by atoms with Crippen molar-refractivity contribution in [3.63, 3.8) is 0 Å². The first-order chi connectivity index (χ1) is 11.3. The van der Waals surface area contributed by atoms with E-state index in [-0.39, 0.29) is 23.5 Å². The number of nitrogens with zero attached hydrogens (tertiary/aromatic N) is 4. The highest BCUT2D eigenvalue weighted by molar-refractivity contribution is 7.89. The fraction of sp³-hybridized carbons (Fsp3) is 0.500. The van der Waals surface area contributed by atoms with E-state index in [0.717, 1.165) is 15.6 Å². The molecule has 9 nitrogen and oxygen atoms in total. The quantitative estimate of drug-likeness (QED) is 0.751. The number of nitrogens with one attached hydrogen (secondary N) is 1. The van der Waals surface area contributed by atoms with Crippen molar-refractivity contribution in [1.29, 1.82) is 0 Å². The van der Waals surface area contributed by atoms with E-state index >= 15 is 0 Å². The van der Waals surface area contributed by atoms with E-state index in [1.165, 1.54) is 32.3 Å². The molecule has 0 fully saturated rings. The van der Waals surface area contributed by atoms with Gasteiger partial charge in [0.15, 0.2) is 6.61 Å². The van der Waals surface area contributed by atoms with Gasteiger partial charge in [-0.05, 0) is 36.8 Å². The molecule has 0 aliphatic heterocycles. The number of amides is 1. The summed E-state index contributed by atoms with van der Waals surface area (Å²) in [5.41, 5.74) is 0.837. The molecule has 1 atom stereocenters. The van der Waals surface area contributed by atoms with Crippen molar-refractivity contribution in [1.82, 2.24) is 24.8 Å². The van der Waals surface area contributed by atoms with Gasteiger partial charge in [0.05, 0.1) is 4.90 Å². The van der Waals surface area contributed by atoms with Crippen LogP contribution in [0, 0.1) is 0 Å². The Hall–Kier alpha value is -2.20. The lowest BCUT2D eigenvalue weighted by molar-refractivity contribution is -0.126. The number of sulfonamides is 1. The van der Waals surface area contributed by atoms with Crippen molar-refractivity contribution < 1.29 is 18.0 Å². The van der Waals surface area contributed by atoms with Crippen molar-refractivity contribution in [2.24, 2.45) is 0 Å². The average molecular weight is 355 g/mol. The van der Waals surface area contributed by atoms with Gasteiger partial charge in [0.2, 0.25) is 10.0 Å². The van der Waals surface area contributed by atoms with Crippen LogP contribution < -0.4 is 10.2 Å². The second-order valence-electron chi connectivity index (χ2n) is 5.55. The van der Waals surface area contributed by atoms with Gasteiger partial charge >= 0.3 is 0 Å². The lowest BCUT2D eigenvalue weighted by Gasteiger charge is -2.12. The summed E-state index contributed by atoms with van der Waals surface area (Å²) in [5, 5.41) is 10.4. The highest BCUT2D eigenvalue weighted by Gasteiger charge is 2.19.